The quantitative estimate of drug-likeness (QED) is 0.344. The fourth-order valence-electron chi connectivity index (χ4n) is 2.65. The Kier molecular flexibility index (Phi) is 7.26. The molecule has 0 saturated carbocycles. The lowest BCUT2D eigenvalue weighted by atomic mass is 10.3. The summed E-state index contributed by atoms with van der Waals surface area (Å²) in [5.74, 6) is 0.652. The van der Waals surface area contributed by atoms with Crippen LogP contribution in [0.4, 0.5) is 11.4 Å². The molecule has 3 N–H and O–H groups in total. The maximum atomic E-state index is 12.6. The second kappa shape index (κ2) is 10.1. The predicted octanol–water partition coefficient (Wildman–Crippen LogP) is 3.07. The number of rotatable bonds is 9. The van der Waals surface area contributed by atoms with Crippen LogP contribution in [0.1, 0.15) is 6.42 Å². The number of benzene rings is 2. The Morgan fingerprint density at radius 3 is 2.43 bits per heavy atom. The van der Waals surface area contributed by atoms with E-state index in [1.807, 2.05) is 10.8 Å². The van der Waals surface area contributed by atoms with E-state index in [2.05, 4.69) is 20.3 Å². The maximum absolute atomic E-state index is 12.6. The zero-order valence-corrected chi connectivity index (χ0v) is 18.0. The van der Waals surface area contributed by atoms with Crippen molar-refractivity contribution in [2.75, 3.05) is 23.7 Å². The van der Waals surface area contributed by atoms with Gasteiger partial charge in [0.05, 0.1) is 18.3 Å². The molecule has 0 aliphatic heterocycles. The number of nitrogens with one attached hydrogen (secondary N) is 3. The van der Waals surface area contributed by atoms with E-state index in [0.717, 1.165) is 13.0 Å². The number of methoxy groups -OCH3 is 1. The Morgan fingerprint density at radius 2 is 1.80 bits per heavy atom. The SMILES string of the molecule is COc1ccc(NS(=O)(=O)c2ccc(NC(=S)NCCCn3ccnc3)cc2)cc1. The lowest BCUT2D eigenvalue weighted by Gasteiger charge is -2.12. The van der Waals surface area contributed by atoms with E-state index in [9.17, 15) is 8.42 Å². The largest absolute Gasteiger partial charge is 0.497 e. The van der Waals surface area contributed by atoms with Gasteiger partial charge in [0, 0.05) is 36.9 Å². The van der Waals surface area contributed by atoms with Crippen LogP contribution in [0.2, 0.25) is 0 Å². The third-order valence-electron chi connectivity index (χ3n) is 4.20. The van der Waals surface area contributed by atoms with E-state index in [0.29, 0.717) is 28.8 Å². The molecule has 30 heavy (non-hydrogen) atoms. The molecule has 0 radical (unpaired) electrons. The molecule has 0 aliphatic carbocycles. The second-order valence-electron chi connectivity index (χ2n) is 6.39. The van der Waals surface area contributed by atoms with Crippen molar-refractivity contribution in [3.63, 3.8) is 0 Å². The Bertz CT molecular complexity index is 1050. The molecule has 3 aromatic rings. The van der Waals surface area contributed by atoms with Gasteiger partial charge in [0.1, 0.15) is 5.75 Å². The smallest absolute Gasteiger partial charge is 0.261 e. The van der Waals surface area contributed by atoms with Gasteiger partial charge in [-0.2, -0.15) is 0 Å². The molecule has 158 valence electrons. The highest BCUT2D eigenvalue weighted by Gasteiger charge is 2.14. The monoisotopic (exact) mass is 445 g/mol. The van der Waals surface area contributed by atoms with Crippen molar-refractivity contribution >= 4 is 38.7 Å². The second-order valence-corrected chi connectivity index (χ2v) is 8.48. The standard InChI is InChI=1S/C20H23N5O3S2/c1-28-18-7-3-17(4-8-18)24-30(26,27)19-9-5-16(6-10-19)23-20(29)22-11-2-13-25-14-12-21-15-25/h3-10,12,14-15,24H,2,11,13H2,1H3,(H2,22,23,29). The molecule has 0 bridgehead atoms. The number of hydrogen-bond donors (Lipinski definition) is 3. The summed E-state index contributed by atoms with van der Waals surface area (Å²) in [7, 11) is -2.14. The zero-order chi connectivity index (χ0) is 21.4. The summed E-state index contributed by atoms with van der Waals surface area (Å²) in [5, 5.41) is 6.65. The molecule has 1 heterocycles. The number of thiocarbonyl (C=S) groups is 1. The molecule has 1 aromatic heterocycles. The van der Waals surface area contributed by atoms with E-state index in [1.54, 1.807) is 56.0 Å². The van der Waals surface area contributed by atoms with Crippen molar-refractivity contribution in [3.8, 4) is 5.75 Å². The lowest BCUT2D eigenvalue weighted by molar-refractivity contribution is 0.415. The average molecular weight is 446 g/mol. The molecular weight excluding hydrogens is 422 g/mol. The third-order valence-corrected chi connectivity index (χ3v) is 5.85. The van der Waals surface area contributed by atoms with Gasteiger partial charge in [-0.1, -0.05) is 0 Å². The molecule has 8 nitrogen and oxygen atoms in total. The van der Waals surface area contributed by atoms with Gasteiger partial charge in [0.2, 0.25) is 0 Å². The summed E-state index contributed by atoms with van der Waals surface area (Å²) in [5.41, 5.74) is 1.16. The predicted molar refractivity (Wildman–Crippen MR) is 121 cm³/mol. The number of aromatic nitrogens is 2. The van der Waals surface area contributed by atoms with Crippen LogP contribution < -0.4 is 20.1 Å². The Balaban J connectivity index is 1.49. The van der Waals surface area contributed by atoms with Crippen molar-refractivity contribution < 1.29 is 13.2 Å². The average Bonchev–Trinajstić information content (AvgIpc) is 3.25. The molecule has 0 fully saturated rings. The van der Waals surface area contributed by atoms with Crippen LogP contribution in [0.25, 0.3) is 0 Å². The molecule has 0 aliphatic rings. The van der Waals surface area contributed by atoms with Crippen LogP contribution in [0.3, 0.4) is 0 Å². The number of nitrogens with zero attached hydrogens (tertiary/aromatic N) is 2. The van der Waals surface area contributed by atoms with Crippen LogP contribution in [-0.4, -0.2) is 36.7 Å². The minimum Gasteiger partial charge on any atom is -0.497 e. The molecule has 0 amide bonds. The van der Waals surface area contributed by atoms with Gasteiger partial charge in [-0.15, -0.1) is 0 Å². The molecule has 2 aromatic carbocycles. The molecule has 0 atom stereocenters. The summed E-state index contributed by atoms with van der Waals surface area (Å²) in [6.45, 7) is 1.56. The minimum absolute atomic E-state index is 0.156. The Hall–Kier alpha value is -3.11. The number of aryl methyl sites for hydroxylation is 1. The molecule has 0 spiro atoms. The van der Waals surface area contributed by atoms with Crippen molar-refractivity contribution in [1.82, 2.24) is 14.9 Å². The number of anilines is 2. The fraction of sp³-hybridized carbons (Fsp3) is 0.200. The van der Waals surface area contributed by atoms with E-state index in [1.165, 1.54) is 12.1 Å². The first kappa shape index (κ1) is 21.6. The number of imidazole rings is 1. The molecule has 0 unspecified atom stereocenters. The van der Waals surface area contributed by atoms with Crippen LogP contribution in [-0.2, 0) is 16.6 Å². The highest BCUT2D eigenvalue weighted by molar-refractivity contribution is 7.92. The number of ether oxygens (including phenoxy) is 1. The van der Waals surface area contributed by atoms with Gasteiger partial charge in [0.25, 0.3) is 10.0 Å². The lowest BCUT2D eigenvalue weighted by Crippen LogP contribution is -2.29. The van der Waals surface area contributed by atoms with E-state index >= 15 is 0 Å². The van der Waals surface area contributed by atoms with E-state index in [-0.39, 0.29) is 4.90 Å². The first-order chi connectivity index (χ1) is 14.5. The summed E-state index contributed by atoms with van der Waals surface area (Å²) in [4.78, 5) is 4.15. The van der Waals surface area contributed by atoms with Gasteiger partial charge < -0.3 is 19.9 Å². The van der Waals surface area contributed by atoms with Gasteiger partial charge in [-0.05, 0) is 67.2 Å². The van der Waals surface area contributed by atoms with Crippen LogP contribution in [0, 0.1) is 0 Å². The third kappa shape index (κ3) is 6.19. The summed E-state index contributed by atoms with van der Waals surface area (Å²) < 4.78 is 34.7. The molecule has 3 rings (SSSR count). The van der Waals surface area contributed by atoms with Crippen LogP contribution in [0.15, 0.2) is 72.1 Å². The summed E-state index contributed by atoms with van der Waals surface area (Å²) in [6.07, 6.45) is 6.33. The first-order valence-electron chi connectivity index (χ1n) is 9.24. The van der Waals surface area contributed by atoms with Gasteiger partial charge in [0.15, 0.2) is 5.11 Å². The van der Waals surface area contributed by atoms with E-state index in [4.69, 9.17) is 17.0 Å². The summed E-state index contributed by atoms with van der Waals surface area (Å²) >= 11 is 5.28. The topological polar surface area (TPSA) is 97.3 Å². The van der Waals surface area contributed by atoms with Crippen LogP contribution in [0.5, 0.6) is 5.75 Å². The number of sulfonamides is 1. The molecule has 0 saturated heterocycles. The zero-order valence-electron chi connectivity index (χ0n) is 16.4. The van der Waals surface area contributed by atoms with Crippen molar-refractivity contribution in [1.29, 1.82) is 0 Å². The minimum atomic E-state index is -3.69. The number of hydrogen-bond acceptors (Lipinski definition) is 5. The highest BCUT2D eigenvalue weighted by Crippen LogP contribution is 2.20. The van der Waals surface area contributed by atoms with Crippen LogP contribution >= 0.6 is 12.2 Å². The maximum Gasteiger partial charge on any atom is 0.261 e. The Labute approximate surface area is 181 Å². The Morgan fingerprint density at radius 1 is 1.10 bits per heavy atom. The van der Waals surface area contributed by atoms with Crippen molar-refractivity contribution in [3.05, 3.63) is 67.3 Å². The van der Waals surface area contributed by atoms with Gasteiger partial charge in [-0.3, -0.25) is 4.72 Å². The van der Waals surface area contributed by atoms with Gasteiger partial charge in [-0.25, -0.2) is 13.4 Å². The summed E-state index contributed by atoms with van der Waals surface area (Å²) in [6, 6.07) is 13.0. The first-order valence-corrected chi connectivity index (χ1v) is 11.1. The van der Waals surface area contributed by atoms with Crippen molar-refractivity contribution in [2.45, 2.75) is 17.9 Å². The van der Waals surface area contributed by atoms with Gasteiger partial charge >= 0.3 is 0 Å². The highest BCUT2D eigenvalue weighted by atomic mass is 32.2. The molecule has 10 heteroatoms. The van der Waals surface area contributed by atoms with E-state index < -0.39 is 10.0 Å². The molecular formula is C20H23N5O3S2. The fourth-order valence-corrected chi connectivity index (χ4v) is 3.93. The van der Waals surface area contributed by atoms with Crippen molar-refractivity contribution in [2.24, 2.45) is 0 Å². The normalized spacial score (nSPS) is 11.0.